The Hall–Kier alpha value is -3.07. The molecule has 1 aliphatic rings. The van der Waals surface area contributed by atoms with E-state index in [9.17, 15) is 4.79 Å². The van der Waals surface area contributed by atoms with E-state index in [2.05, 4.69) is 56.3 Å². The van der Waals surface area contributed by atoms with Gasteiger partial charge in [-0.1, -0.05) is 68.8 Å². The molecule has 1 amide bonds. The third-order valence-corrected chi connectivity index (χ3v) is 6.05. The molecule has 0 spiro atoms. The van der Waals surface area contributed by atoms with Crippen LogP contribution in [-0.2, 0) is 17.8 Å². The standard InChI is InChI=1S/C27H28NO2/c1-4-16-27(2)18-23-17-22(21-8-6-5-7-9-21)12-15-25(23)28(26(27)29)19-20-10-13-24(30-3)14-11-20/h5-15,17H,1,4,16,18-19H2,2-3H3. The molecule has 0 N–H and O–H groups in total. The summed E-state index contributed by atoms with van der Waals surface area (Å²) in [6.45, 7) is 6.66. The van der Waals surface area contributed by atoms with Crippen molar-refractivity contribution in [2.75, 3.05) is 12.0 Å². The molecule has 1 heterocycles. The summed E-state index contributed by atoms with van der Waals surface area (Å²) < 4.78 is 5.27. The maximum Gasteiger partial charge on any atom is 0.233 e. The molecule has 1 atom stereocenters. The van der Waals surface area contributed by atoms with Gasteiger partial charge in [-0.15, -0.1) is 0 Å². The van der Waals surface area contributed by atoms with Gasteiger partial charge < -0.3 is 9.64 Å². The van der Waals surface area contributed by atoms with Crippen LogP contribution in [0, 0.1) is 12.3 Å². The van der Waals surface area contributed by atoms with Crippen molar-refractivity contribution in [2.24, 2.45) is 5.41 Å². The van der Waals surface area contributed by atoms with Gasteiger partial charge in [0.15, 0.2) is 0 Å². The highest BCUT2D eigenvalue weighted by atomic mass is 16.5. The van der Waals surface area contributed by atoms with E-state index < -0.39 is 5.41 Å². The molecule has 3 aromatic rings. The van der Waals surface area contributed by atoms with Gasteiger partial charge in [-0.05, 0) is 59.4 Å². The Morgan fingerprint density at radius 1 is 1.00 bits per heavy atom. The highest BCUT2D eigenvalue weighted by Gasteiger charge is 2.41. The molecule has 0 aliphatic carbocycles. The SMILES string of the molecule is [CH2]CCC1(C)Cc2cc(-c3ccccc3)ccc2N(Cc2ccc(OC)cc2)C1=O. The fourth-order valence-corrected chi connectivity index (χ4v) is 4.39. The second-order valence-corrected chi connectivity index (χ2v) is 8.29. The molecule has 1 aliphatic heterocycles. The minimum Gasteiger partial charge on any atom is -0.497 e. The van der Waals surface area contributed by atoms with Crippen molar-refractivity contribution in [2.45, 2.75) is 32.7 Å². The number of benzene rings is 3. The first-order chi connectivity index (χ1) is 14.5. The second kappa shape index (κ2) is 8.35. The van der Waals surface area contributed by atoms with Crippen molar-refractivity contribution < 1.29 is 9.53 Å². The number of amides is 1. The van der Waals surface area contributed by atoms with Crippen LogP contribution in [0.5, 0.6) is 5.75 Å². The van der Waals surface area contributed by atoms with Gasteiger partial charge in [-0.3, -0.25) is 4.79 Å². The Balaban J connectivity index is 1.74. The molecule has 0 bridgehead atoms. The normalized spacial score (nSPS) is 18.2. The fourth-order valence-electron chi connectivity index (χ4n) is 4.39. The Morgan fingerprint density at radius 2 is 1.73 bits per heavy atom. The first-order valence-electron chi connectivity index (χ1n) is 10.5. The molecule has 3 nitrogen and oxygen atoms in total. The summed E-state index contributed by atoms with van der Waals surface area (Å²) >= 11 is 0. The number of hydrogen-bond donors (Lipinski definition) is 0. The lowest BCUT2D eigenvalue weighted by Crippen LogP contribution is -2.47. The van der Waals surface area contributed by atoms with Gasteiger partial charge >= 0.3 is 0 Å². The number of carbonyl (C=O) groups excluding carboxylic acids is 1. The largest absolute Gasteiger partial charge is 0.497 e. The zero-order valence-corrected chi connectivity index (χ0v) is 17.7. The first kappa shape index (κ1) is 20.2. The highest BCUT2D eigenvalue weighted by Crippen LogP contribution is 2.42. The van der Waals surface area contributed by atoms with Crippen LogP contribution < -0.4 is 9.64 Å². The monoisotopic (exact) mass is 398 g/mol. The number of fused-ring (bicyclic) bond motifs is 1. The predicted octanol–water partition coefficient (Wildman–Crippen LogP) is 6.07. The summed E-state index contributed by atoms with van der Waals surface area (Å²) in [6.07, 6.45) is 2.27. The summed E-state index contributed by atoms with van der Waals surface area (Å²) in [5.74, 6) is 1.00. The summed E-state index contributed by atoms with van der Waals surface area (Å²) in [5, 5.41) is 0. The highest BCUT2D eigenvalue weighted by molar-refractivity contribution is 6.00. The molecular formula is C27H28NO2. The quantitative estimate of drug-likeness (QED) is 0.504. The average molecular weight is 399 g/mol. The maximum atomic E-state index is 13.6. The minimum atomic E-state index is -0.434. The van der Waals surface area contributed by atoms with Crippen LogP contribution >= 0.6 is 0 Å². The van der Waals surface area contributed by atoms with Crippen LogP contribution in [0.15, 0.2) is 72.8 Å². The van der Waals surface area contributed by atoms with Gasteiger partial charge in [0.25, 0.3) is 0 Å². The van der Waals surface area contributed by atoms with Crippen LogP contribution in [-0.4, -0.2) is 13.0 Å². The number of carbonyl (C=O) groups is 1. The van der Waals surface area contributed by atoms with Crippen molar-refractivity contribution in [1.82, 2.24) is 0 Å². The van der Waals surface area contributed by atoms with Crippen LogP contribution in [0.1, 0.15) is 30.9 Å². The van der Waals surface area contributed by atoms with Crippen molar-refractivity contribution >= 4 is 11.6 Å². The molecule has 3 aromatic carbocycles. The lowest BCUT2D eigenvalue weighted by atomic mass is 9.74. The van der Waals surface area contributed by atoms with E-state index in [0.29, 0.717) is 6.54 Å². The lowest BCUT2D eigenvalue weighted by molar-refractivity contribution is -0.128. The van der Waals surface area contributed by atoms with Crippen LogP contribution in [0.25, 0.3) is 11.1 Å². The molecule has 0 saturated carbocycles. The second-order valence-electron chi connectivity index (χ2n) is 8.29. The smallest absolute Gasteiger partial charge is 0.233 e. The fraction of sp³-hybridized carbons (Fsp3) is 0.259. The summed E-state index contributed by atoms with van der Waals surface area (Å²) in [6, 6.07) is 24.8. The van der Waals surface area contributed by atoms with Crippen LogP contribution in [0.2, 0.25) is 0 Å². The third kappa shape index (κ3) is 3.85. The van der Waals surface area contributed by atoms with Crippen molar-refractivity contribution in [3.8, 4) is 16.9 Å². The van der Waals surface area contributed by atoms with Gasteiger partial charge in [-0.2, -0.15) is 0 Å². The molecule has 1 unspecified atom stereocenters. The molecule has 3 heteroatoms. The Morgan fingerprint density at radius 3 is 2.40 bits per heavy atom. The molecule has 30 heavy (non-hydrogen) atoms. The van der Waals surface area contributed by atoms with E-state index in [-0.39, 0.29) is 5.91 Å². The summed E-state index contributed by atoms with van der Waals surface area (Å²) in [7, 11) is 1.66. The number of nitrogens with zero attached hydrogens (tertiary/aromatic N) is 1. The summed E-state index contributed by atoms with van der Waals surface area (Å²) in [5.41, 5.74) is 5.26. The van der Waals surface area contributed by atoms with E-state index in [1.165, 1.54) is 16.7 Å². The number of ether oxygens (including phenoxy) is 1. The number of rotatable bonds is 6. The maximum absolute atomic E-state index is 13.6. The molecule has 4 rings (SSSR count). The Bertz CT molecular complexity index is 1030. The minimum absolute atomic E-state index is 0.182. The van der Waals surface area contributed by atoms with Gasteiger partial charge in [0.1, 0.15) is 5.75 Å². The Kier molecular flexibility index (Phi) is 5.63. The molecule has 0 fully saturated rings. The summed E-state index contributed by atoms with van der Waals surface area (Å²) in [4.78, 5) is 15.5. The lowest BCUT2D eigenvalue weighted by Gasteiger charge is -2.41. The Labute approximate surface area is 179 Å². The predicted molar refractivity (Wildman–Crippen MR) is 122 cm³/mol. The van der Waals surface area contributed by atoms with Crippen LogP contribution in [0.4, 0.5) is 5.69 Å². The van der Waals surface area contributed by atoms with Gasteiger partial charge in [0, 0.05) is 5.69 Å². The number of hydrogen-bond acceptors (Lipinski definition) is 2. The van der Waals surface area contributed by atoms with Crippen molar-refractivity contribution in [1.29, 1.82) is 0 Å². The molecule has 0 saturated heterocycles. The van der Waals surface area contributed by atoms with Gasteiger partial charge in [-0.25, -0.2) is 0 Å². The van der Waals surface area contributed by atoms with E-state index in [0.717, 1.165) is 36.3 Å². The van der Waals surface area contributed by atoms with E-state index >= 15 is 0 Å². The number of anilines is 1. The average Bonchev–Trinajstić information content (AvgIpc) is 2.78. The zero-order chi connectivity index (χ0) is 21.1. The van der Waals surface area contributed by atoms with Crippen molar-refractivity contribution in [3.05, 3.63) is 90.8 Å². The topological polar surface area (TPSA) is 29.5 Å². The van der Waals surface area contributed by atoms with E-state index in [4.69, 9.17) is 4.74 Å². The number of methoxy groups -OCH3 is 1. The van der Waals surface area contributed by atoms with Crippen molar-refractivity contribution in [3.63, 3.8) is 0 Å². The molecule has 1 radical (unpaired) electrons. The third-order valence-electron chi connectivity index (χ3n) is 6.05. The van der Waals surface area contributed by atoms with Gasteiger partial charge in [0.05, 0.1) is 19.1 Å². The zero-order valence-electron chi connectivity index (χ0n) is 17.7. The molecule has 153 valence electrons. The molecule has 0 aromatic heterocycles. The van der Waals surface area contributed by atoms with Crippen LogP contribution in [0.3, 0.4) is 0 Å². The van der Waals surface area contributed by atoms with Gasteiger partial charge in [0.2, 0.25) is 5.91 Å². The van der Waals surface area contributed by atoms with E-state index in [1.807, 2.05) is 35.2 Å². The van der Waals surface area contributed by atoms with E-state index in [1.54, 1.807) is 7.11 Å². The molecular weight excluding hydrogens is 370 g/mol. The first-order valence-corrected chi connectivity index (χ1v) is 10.5.